The molecule has 0 unspecified atom stereocenters. The van der Waals surface area contributed by atoms with Gasteiger partial charge in [-0.1, -0.05) is 17.7 Å². The van der Waals surface area contributed by atoms with E-state index in [1.165, 1.54) is 0 Å². The predicted octanol–water partition coefficient (Wildman–Crippen LogP) is 3.53. The zero-order chi connectivity index (χ0) is 15.2. The highest BCUT2D eigenvalue weighted by Gasteiger charge is 2.00. The molecular weight excluding hydrogens is 304 g/mol. The Kier molecular flexibility index (Phi) is 5.59. The molecule has 112 valence electrons. The van der Waals surface area contributed by atoms with E-state index in [0.29, 0.717) is 5.11 Å². The molecule has 0 bridgehead atoms. The topological polar surface area (TPSA) is 41.9 Å². The summed E-state index contributed by atoms with van der Waals surface area (Å²) in [6.45, 7) is 5.63. The van der Waals surface area contributed by atoms with Crippen LogP contribution in [-0.4, -0.2) is 21.4 Å². The van der Waals surface area contributed by atoms with Gasteiger partial charge in [-0.25, -0.2) is 0 Å². The number of aromatic nitrogens is 2. The largest absolute Gasteiger partial charge is 0.362 e. The summed E-state index contributed by atoms with van der Waals surface area (Å²) in [4.78, 5) is 0. The molecule has 6 heteroatoms. The zero-order valence-electron chi connectivity index (χ0n) is 12.2. The maximum Gasteiger partial charge on any atom is 0.170 e. The monoisotopic (exact) mass is 322 g/mol. The first-order chi connectivity index (χ1) is 10.0. The zero-order valence-corrected chi connectivity index (χ0v) is 13.8. The molecule has 0 aliphatic carbocycles. The van der Waals surface area contributed by atoms with Crippen molar-refractivity contribution < 1.29 is 0 Å². The first-order valence-corrected chi connectivity index (χ1v) is 7.64. The number of nitrogens with one attached hydrogen (secondary N) is 2. The molecule has 0 atom stereocenters. The maximum atomic E-state index is 6.08. The van der Waals surface area contributed by atoms with Crippen LogP contribution in [0.4, 0.5) is 5.69 Å². The Morgan fingerprint density at radius 3 is 2.81 bits per heavy atom. The SMILES string of the molecule is Cc1ccn(CCCNC(=S)Nc2ccc(C)c(Cl)c2)n1. The van der Waals surface area contributed by atoms with Crippen LogP contribution in [-0.2, 0) is 6.54 Å². The summed E-state index contributed by atoms with van der Waals surface area (Å²) >= 11 is 11.3. The standard InChI is InChI=1S/C15H19ClN4S/c1-11-4-5-13(10-14(11)16)18-15(21)17-7-3-8-20-9-6-12(2)19-20/h4-6,9-10H,3,7-8H2,1-2H3,(H2,17,18,21). The number of nitrogens with zero attached hydrogens (tertiary/aromatic N) is 2. The summed E-state index contributed by atoms with van der Waals surface area (Å²) in [6, 6.07) is 7.80. The molecule has 1 aromatic carbocycles. The highest BCUT2D eigenvalue weighted by molar-refractivity contribution is 7.80. The molecule has 4 nitrogen and oxygen atoms in total. The molecule has 2 N–H and O–H groups in total. The lowest BCUT2D eigenvalue weighted by molar-refractivity contribution is 0.570. The number of hydrogen-bond donors (Lipinski definition) is 2. The van der Waals surface area contributed by atoms with Crippen LogP contribution >= 0.6 is 23.8 Å². The van der Waals surface area contributed by atoms with E-state index >= 15 is 0 Å². The van der Waals surface area contributed by atoms with Gasteiger partial charge >= 0.3 is 0 Å². The van der Waals surface area contributed by atoms with Gasteiger partial charge in [0.1, 0.15) is 0 Å². The Hall–Kier alpha value is -1.59. The molecule has 0 amide bonds. The first-order valence-electron chi connectivity index (χ1n) is 6.85. The molecule has 21 heavy (non-hydrogen) atoms. The third kappa shape index (κ3) is 5.02. The summed E-state index contributed by atoms with van der Waals surface area (Å²) in [5, 5.41) is 12.0. The van der Waals surface area contributed by atoms with Gasteiger partial charge in [0.15, 0.2) is 5.11 Å². The van der Waals surface area contributed by atoms with Crippen LogP contribution in [0.5, 0.6) is 0 Å². The van der Waals surface area contributed by atoms with Crippen molar-refractivity contribution in [3.63, 3.8) is 0 Å². The van der Waals surface area contributed by atoms with Crippen molar-refractivity contribution in [1.29, 1.82) is 0 Å². The number of anilines is 1. The van der Waals surface area contributed by atoms with E-state index in [-0.39, 0.29) is 0 Å². The van der Waals surface area contributed by atoms with Crippen LogP contribution < -0.4 is 10.6 Å². The van der Waals surface area contributed by atoms with E-state index in [1.54, 1.807) is 0 Å². The van der Waals surface area contributed by atoms with Crippen LogP contribution in [0.25, 0.3) is 0 Å². The second-order valence-electron chi connectivity index (χ2n) is 4.92. The van der Waals surface area contributed by atoms with Crippen molar-refractivity contribution in [1.82, 2.24) is 15.1 Å². The molecular formula is C15H19ClN4S. The van der Waals surface area contributed by atoms with Gasteiger partial charge in [0.25, 0.3) is 0 Å². The fourth-order valence-electron chi connectivity index (χ4n) is 1.88. The number of rotatable bonds is 5. The fraction of sp³-hybridized carbons (Fsp3) is 0.333. The van der Waals surface area contributed by atoms with Crippen LogP contribution in [0.2, 0.25) is 5.02 Å². The average Bonchev–Trinajstić information content (AvgIpc) is 2.85. The normalized spacial score (nSPS) is 10.4. The van der Waals surface area contributed by atoms with Gasteiger partial charge < -0.3 is 10.6 Å². The predicted molar refractivity (Wildman–Crippen MR) is 92.0 cm³/mol. The third-order valence-corrected chi connectivity index (χ3v) is 3.71. The van der Waals surface area contributed by atoms with Gasteiger partial charge in [-0.15, -0.1) is 0 Å². The van der Waals surface area contributed by atoms with E-state index in [9.17, 15) is 0 Å². The summed E-state index contributed by atoms with van der Waals surface area (Å²) < 4.78 is 1.94. The average molecular weight is 323 g/mol. The molecule has 2 aromatic rings. The second kappa shape index (κ2) is 7.43. The minimum atomic E-state index is 0.603. The number of benzene rings is 1. The number of hydrogen-bond acceptors (Lipinski definition) is 2. The lowest BCUT2D eigenvalue weighted by Gasteiger charge is -2.11. The fourth-order valence-corrected chi connectivity index (χ4v) is 2.28. The molecule has 0 saturated carbocycles. The minimum absolute atomic E-state index is 0.603. The van der Waals surface area contributed by atoms with E-state index in [2.05, 4.69) is 15.7 Å². The Bertz CT molecular complexity index is 624. The Labute approximate surface area is 135 Å². The molecule has 1 aromatic heterocycles. The lowest BCUT2D eigenvalue weighted by Crippen LogP contribution is -2.29. The second-order valence-corrected chi connectivity index (χ2v) is 5.73. The quantitative estimate of drug-likeness (QED) is 0.653. The van der Waals surface area contributed by atoms with Gasteiger partial charge in [0.05, 0.1) is 5.69 Å². The molecule has 0 saturated heterocycles. The molecule has 1 heterocycles. The third-order valence-electron chi connectivity index (χ3n) is 3.05. The number of halogens is 1. The van der Waals surface area contributed by atoms with Crippen molar-refractivity contribution in [2.75, 3.05) is 11.9 Å². The summed E-state index contributed by atoms with van der Waals surface area (Å²) in [6.07, 6.45) is 2.94. The van der Waals surface area contributed by atoms with Crippen molar-refractivity contribution in [3.8, 4) is 0 Å². The van der Waals surface area contributed by atoms with Gasteiger partial charge in [-0.3, -0.25) is 4.68 Å². The molecule has 0 aliphatic rings. The molecule has 0 radical (unpaired) electrons. The van der Waals surface area contributed by atoms with Crippen LogP contribution in [0.3, 0.4) is 0 Å². The molecule has 0 aliphatic heterocycles. The van der Waals surface area contributed by atoms with E-state index < -0.39 is 0 Å². The first kappa shape index (κ1) is 15.8. The van der Waals surface area contributed by atoms with Gasteiger partial charge in [0.2, 0.25) is 0 Å². The highest BCUT2D eigenvalue weighted by atomic mass is 35.5. The Balaban J connectivity index is 1.71. The van der Waals surface area contributed by atoms with Crippen LogP contribution in [0.15, 0.2) is 30.5 Å². The molecule has 0 fully saturated rings. The van der Waals surface area contributed by atoms with Crippen molar-refractivity contribution >= 4 is 34.6 Å². The molecule has 0 spiro atoms. The molecule has 2 rings (SSSR count). The van der Waals surface area contributed by atoms with Gasteiger partial charge in [0, 0.05) is 30.0 Å². The van der Waals surface area contributed by atoms with Crippen molar-refractivity contribution in [3.05, 3.63) is 46.7 Å². The van der Waals surface area contributed by atoms with E-state index in [4.69, 9.17) is 23.8 Å². The summed E-state index contributed by atoms with van der Waals surface area (Å²) in [5.41, 5.74) is 2.98. The summed E-state index contributed by atoms with van der Waals surface area (Å²) in [5.74, 6) is 0. The Morgan fingerprint density at radius 2 is 2.14 bits per heavy atom. The van der Waals surface area contributed by atoms with Crippen LogP contribution in [0, 0.1) is 13.8 Å². The minimum Gasteiger partial charge on any atom is -0.362 e. The number of thiocarbonyl (C=S) groups is 1. The number of aryl methyl sites for hydroxylation is 3. The summed E-state index contributed by atoms with van der Waals surface area (Å²) in [7, 11) is 0. The maximum absolute atomic E-state index is 6.08. The van der Waals surface area contributed by atoms with Crippen LogP contribution in [0.1, 0.15) is 17.7 Å². The van der Waals surface area contributed by atoms with Crippen molar-refractivity contribution in [2.24, 2.45) is 0 Å². The van der Waals surface area contributed by atoms with Gasteiger partial charge in [-0.05, 0) is 56.2 Å². The smallest absolute Gasteiger partial charge is 0.170 e. The van der Waals surface area contributed by atoms with E-state index in [1.807, 2.05) is 49.0 Å². The lowest BCUT2D eigenvalue weighted by atomic mass is 10.2. The highest BCUT2D eigenvalue weighted by Crippen LogP contribution is 2.19. The van der Waals surface area contributed by atoms with Crippen molar-refractivity contribution in [2.45, 2.75) is 26.8 Å². The Morgan fingerprint density at radius 1 is 1.33 bits per heavy atom. The van der Waals surface area contributed by atoms with E-state index in [0.717, 1.165) is 41.5 Å². The van der Waals surface area contributed by atoms with Gasteiger partial charge in [-0.2, -0.15) is 5.10 Å².